The minimum Gasteiger partial charge on any atom is -0.459 e. The Morgan fingerprint density at radius 1 is 1.16 bits per heavy atom. The zero-order valence-electron chi connectivity index (χ0n) is 14.1. The van der Waals surface area contributed by atoms with Gasteiger partial charge in [-0.15, -0.1) is 0 Å². The molecule has 2 aromatic rings. The van der Waals surface area contributed by atoms with Gasteiger partial charge in [0.25, 0.3) is 5.91 Å². The van der Waals surface area contributed by atoms with Crippen molar-refractivity contribution in [3.05, 3.63) is 60.1 Å². The fourth-order valence-electron chi connectivity index (χ4n) is 3.33. The molecule has 6 heteroatoms. The zero-order valence-corrected chi connectivity index (χ0v) is 14.1. The maximum Gasteiger partial charge on any atom is 0.286 e. The molecule has 0 aliphatic carbocycles. The van der Waals surface area contributed by atoms with E-state index >= 15 is 0 Å². The second-order valence-electron chi connectivity index (χ2n) is 6.29. The summed E-state index contributed by atoms with van der Waals surface area (Å²) in [7, 11) is 0. The van der Waals surface area contributed by atoms with Crippen molar-refractivity contribution in [1.29, 1.82) is 0 Å². The van der Waals surface area contributed by atoms with E-state index in [1.807, 2.05) is 23.1 Å². The number of nitrogens with two attached hydrogens (primary N) is 1. The summed E-state index contributed by atoms with van der Waals surface area (Å²) in [6, 6.07) is 13.4. The van der Waals surface area contributed by atoms with Crippen LogP contribution in [0.15, 0.2) is 53.1 Å². The first-order valence-corrected chi connectivity index (χ1v) is 8.53. The molecular formula is C19H23N3O3. The molecule has 1 aromatic carbocycles. The molecule has 1 aliphatic heterocycles. The second kappa shape index (κ2) is 7.98. The number of benzene rings is 1. The number of hydrogen-bond donors (Lipinski definition) is 2. The van der Waals surface area contributed by atoms with Gasteiger partial charge in [-0.05, 0) is 30.2 Å². The van der Waals surface area contributed by atoms with Gasteiger partial charge in [0.05, 0.1) is 6.26 Å². The molecule has 1 saturated heterocycles. The van der Waals surface area contributed by atoms with Crippen LogP contribution in [0.5, 0.6) is 0 Å². The number of likely N-dealkylation sites (tertiary alicyclic amines) is 1. The number of rotatable bonds is 6. The van der Waals surface area contributed by atoms with Gasteiger partial charge in [-0.1, -0.05) is 30.3 Å². The normalized spacial score (nSPS) is 19.8. The van der Waals surface area contributed by atoms with Crippen molar-refractivity contribution in [2.45, 2.75) is 12.3 Å². The van der Waals surface area contributed by atoms with Crippen molar-refractivity contribution in [1.82, 2.24) is 10.2 Å². The smallest absolute Gasteiger partial charge is 0.286 e. The standard InChI is InChI=1S/C19H23N3O3/c20-11-15-12-22(13-16(15)14-5-2-1-3-6-14)18(23)8-9-21-19(24)17-7-4-10-25-17/h1-7,10,15-16H,8-9,11-13,20H2,(H,21,24)/t15-,16+/m1/s1. The largest absolute Gasteiger partial charge is 0.459 e. The highest BCUT2D eigenvalue weighted by molar-refractivity contribution is 5.91. The number of furan rings is 1. The van der Waals surface area contributed by atoms with Crippen LogP contribution < -0.4 is 11.1 Å². The Morgan fingerprint density at radius 2 is 1.96 bits per heavy atom. The predicted octanol–water partition coefficient (Wildman–Crippen LogP) is 1.60. The van der Waals surface area contributed by atoms with Crippen LogP contribution in [-0.2, 0) is 4.79 Å². The zero-order chi connectivity index (χ0) is 17.6. The summed E-state index contributed by atoms with van der Waals surface area (Å²) < 4.78 is 5.02. The van der Waals surface area contributed by atoms with Crippen LogP contribution >= 0.6 is 0 Å². The van der Waals surface area contributed by atoms with Gasteiger partial charge >= 0.3 is 0 Å². The van der Waals surface area contributed by atoms with Crippen molar-refractivity contribution >= 4 is 11.8 Å². The van der Waals surface area contributed by atoms with Crippen molar-refractivity contribution in [3.8, 4) is 0 Å². The Bertz CT molecular complexity index is 700. The highest BCUT2D eigenvalue weighted by Gasteiger charge is 2.34. The fraction of sp³-hybridized carbons (Fsp3) is 0.368. The molecule has 2 atom stereocenters. The molecule has 3 rings (SSSR count). The molecule has 0 unspecified atom stereocenters. The van der Waals surface area contributed by atoms with E-state index < -0.39 is 0 Å². The number of hydrogen-bond acceptors (Lipinski definition) is 4. The van der Waals surface area contributed by atoms with Gasteiger partial charge in [-0.3, -0.25) is 9.59 Å². The molecule has 1 fully saturated rings. The first kappa shape index (κ1) is 17.2. The van der Waals surface area contributed by atoms with Crippen LogP contribution in [0.25, 0.3) is 0 Å². The van der Waals surface area contributed by atoms with E-state index in [0.717, 1.165) is 0 Å². The molecule has 0 radical (unpaired) electrons. The summed E-state index contributed by atoms with van der Waals surface area (Å²) in [6.07, 6.45) is 1.71. The maximum atomic E-state index is 12.5. The lowest BCUT2D eigenvalue weighted by Crippen LogP contribution is -2.33. The van der Waals surface area contributed by atoms with E-state index in [1.165, 1.54) is 11.8 Å². The summed E-state index contributed by atoms with van der Waals surface area (Å²) in [5, 5.41) is 2.70. The van der Waals surface area contributed by atoms with E-state index in [2.05, 4.69) is 17.4 Å². The van der Waals surface area contributed by atoms with E-state index in [-0.39, 0.29) is 42.4 Å². The average molecular weight is 341 g/mol. The second-order valence-corrected chi connectivity index (χ2v) is 6.29. The number of amides is 2. The number of nitrogens with zero attached hydrogens (tertiary/aromatic N) is 1. The van der Waals surface area contributed by atoms with Crippen molar-refractivity contribution in [2.24, 2.45) is 11.7 Å². The Hall–Kier alpha value is -2.60. The maximum absolute atomic E-state index is 12.5. The third-order valence-electron chi connectivity index (χ3n) is 4.69. The Labute approximate surface area is 147 Å². The summed E-state index contributed by atoms with van der Waals surface area (Å²) in [6.45, 7) is 2.19. The van der Waals surface area contributed by atoms with Gasteiger partial charge in [-0.25, -0.2) is 0 Å². The molecule has 2 amide bonds. The van der Waals surface area contributed by atoms with E-state index in [4.69, 9.17) is 10.2 Å². The minimum absolute atomic E-state index is 0.0385. The summed E-state index contributed by atoms with van der Waals surface area (Å²) >= 11 is 0. The molecule has 1 aromatic heterocycles. The van der Waals surface area contributed by atoms with E-state index in [9.17, 15) is 9.59 Å². The molecule has 2 heterocycles. The van der Waals surface area contributed by atoms with Crippen molar-refractivity contribution in [3.63, 3.8) is 0 Å². The molecule has 3 N–H and O–H groups in total. The predicted molar refractivity (Wildman–Crippen MR) is 94.0 cm³/mol. The van der Waals surface area contributed by atoms with Crippen LogP contribution in [0.4, 0.5) is 0 Å². The molecule has 1 aliphatic rings. The Balaban J connectivity index is 1.52. The lowest BCUT2D eigenvalue weighted by Gasteiger charge is -2.17. The van der Waals surface area contributed by atoms with Crippen molar-refractivity contribution < 1.29 is 14.0 Å². The lowest BCUT2D eigenvalue weighted by atomic mass is 9.89. The highest BCUT2D eigenvalue weighted by atomic mass is 16.3. The van der Waals surface area contributed by atoms with Gasteiger partial charge in [0.1, 0.15) is 0 Å². The number of carbonyl (C=O) groups is 2. The SMILES string of the molecule is NC[C@@H]1CN(C(=O)CCNC(=O)c2ccco2)C[C@H]1c1ccccc1. The molecule has 25 heavy (non-hydrogen) atoms. The van der Waals surface area contributed by atoms with Crippen LogP contribution in [0.1, 0.15) is 28.5 Å². The van der Waals surface area contributed by atoms with Gasteiger partial charge in [0.2, 0.25) is 5.91 Å². The third-order valence-corrected chi connectivity index (χ3v) is 4.69. The first-order valence-electron chi connectivity index (χ1n) is 8.53. The molecule has 0 spiro atoms. The van der Waals surface area contributed by atoms with Gasteiger partial charge in [0.15, 0.2) is 5.76 Å². The molecule has 6 nitrogen and oxygen atoms in total. The number of nitrogens with one attached hydrogen (secondary N) is 1. The molecular weight excluding hydrogens is 318 g/mol. The fourth-order valence-corrected chi connectivity index (χ4v) is 3.33. The van der Waals surface area contributed by atoms with E-state index in [1.54, 1.807) is 12.1 Å². The Morgan fingerprint density at radius 3 is 2.64 bits per heavy atom. The third kappa shape index (κ3) is 4.09. The van der Waals surface area contributed by atoms with Crippen LogP contribution in [-0.4, -0.2) is 42.9 Å². The number of carbonyl (C=O) groups excluding carboxylic acids is 2. The molecule has 132 valence electrons. The summed E-state index contributed by atoms with van der Waals surface area (Å²) in [5.41, 5.74) is 7.13. The summed E-state index contributed by atoms with van der Waals surface area (Å²) in [4.78, 5) is 26.1. The monoisotopic (exact) mass is 341 g/mol. The van der Waals surface area contributed by atoms with Gasteiger partial charge < -0.3 is 20.4 Å². The van der Waals surface area contributed by atoms with Gasteiger partial charge in [0, 0.05) is 32.0 Å². The Kier molecular flexibility index (Phi) is 5.50. The van der Waals surface area contributed by atoms with E-state index in [0.29, 0.717) is 19.6 Å². The van der Waals surface area contributed by atoms with Crippen LogP contribution in [0, 0.1) is 5.92 Å². The molecule has 0 bridgehead atoms. The minimum atomic E-state index is -0.304. The van der Waals surface area contributed by atoms with Gasteiger partial charge in [-0.2, -0.15) is 0 Å². The quantitative estimate of drug-likeness (QED) is 0.835. The highest BCUT2D eigenvalue weighted by Crippen LogP contribution is 2.32. The average Bonchev–Trinajstić information content (AvgIpc) is 3.32. The van der Waals surface area contributed by atoms with Crippen LogP contribution in [0.2, 0.25) is 0 Å². The topological polar surface area (TPSA) is 88.6 Å². The molecule has 0 saturated carbocycles. The van der Waals surface area contributed by atoms with Crippen LogP contribution in [0.3, 0.4) is 0 Å². The first-order chi connectivity index (χ1) is 12.2. The lowest BCUT2D eigenvalue weighted by molar-refractivity contribution is -0.130. The summed E-state index contributed by atoms with van der Waals surface area (Å²) in [5.74, 6) is 0.524. The van der Waals surface area contributed by atoms with Crippen molar-refractivity contribution in [2.75, 3.05) is 26.2 Å².